The third-order valence-corrected chi connectivity index (χ3v) is 3.44. The zero-order chi connectivity index (χ0) is 13.7. The fourth-order valence-corrected chi connectivity index (χ4v) is 2.50. The Morgan fingerprint density at radius 3 is 2.56 bits per heavy atom. The molecule has 1 rings (SSSR count). The van der Waals surface area contributed by atoms with E-state index in [9.17, 15) is 9.59 Å². The topological polar surface area (TPSA) is 84.9 Å². The Hall–Kier alpha value is -1.46. The number of hydrogen-bond donors (Lipinski definition) is 2. The maximum Gasteiger partial charge on any atom is 0.530 e. The lowest BCUT2D eigenvalue weighted by atomic mass is 9.75. The quantitative estimate of drug-likeness (QED) is 0.745. The molecule has 1 aliphatic rings. The van der Waals surface area contributed by atoms with Crippen LogP contribution in [0.25, 0.3) is 0 Å². The minimum atomic E-state index is -1.57. The van der Waals surface area contributed by atoms with E-state index in [4.69, 9.17) is 9.84 Å². The van der Waals surface area contributed by atoms with Crippen LogP contribution in [-0.2, 0) is 9.57 Å². The minimum Gasteiger partial charge on any atom is -0.448 e. The zero-order valence-corrected chi connectivity index (χ0v) is 11.0. The van der Waals surface area contributed by atoms with Gasteiger partial charge in [-0.15, -0.1) is 5.48 Å². The molecule has 0 spiro atoms. The highest BCUT2D eigenvalue weighted by atomic mass is 16.8. The van der Waals surface area contributed by atoms with E-state index in [2.05, 4.69) is 25.6 Å². The SMILES string of the molecule is CC1CCC(C(C)C)C(OC(=O)NOC(=O)O)C1. The third-order valence-electron chi connectivity index (χ3n) is 3.44. The molecule has 18 heavy (non-hydrogen) atoms. The van der Waals surface area contributed by atoms with Gasteiger partial charge in [-0.1, -0.05) is 27.2 Å². The van der Waals surface area contributed by atoms with E-state index in [0.717, 1.165) is 19.3 Å². The van der Waals surface area contributed by atoms with Gasteiger partial charge in [-0.05, 0) is 30.6 Å². The van der Waals surface area contributed by atoms with Crippen LogP contribution in [0.3, 0.4) is 0 Å². The van der Waals surface area contributed by atoms with Crippen LogP contribution in [0.1, 0.15) is 40.0 Å². The zero-order valence-electron chi connectivity index (χ0n) is 11.0. The summed E-state index contributed by atoms with van der Waals surface area (Å²) >= 11 is 0. The van der Waals surface area contributed by atoms with Gasteiger partial charge in [0.15, 0.2) is 0 Å². The lowest BCUT2D eigenvalue weighted by molar-refractivity contribution is -0.0202. The molecule has 0 aromatic rings. The summed E-state index contributed by atoms with van der Waals surface area (Å²) in [5, 5.41) is 8.26. The molecule has 1 amide bonds. The van der Waals surface area contributed by atoms with Crippen LogP contribution in [0.15, 0.2) is 0 Å². The van der Waals surface area contributed by atoms with E-state index < -0.39 is 12.2 Å². The van der Waals surface area contributed by atoms with Crippen LogP contribution in [0.5, 0.6) is 0 Å². The van der Waals surface area contributed by atoms with Crippen molar-refractivity contribution in [2.24, 2.45) is 17.8 Å². The van der Waals surface area contributed by atoms with Gasteiger partial charge in [-0.3, -0.25) is 0 Å². The van der Waals surface area contributed by atoms with Crippen molar-refractivity contribution in [2.75, 3.05) is 0 Å². The first kappa shape index (κ1) is 14.6. The van der Waals surface area contributed by atoms with Crippen molar-refractivity contribution in [1.29, 1.82) is 0 Å². The second-order valence-electron chi connectivity index (χ2n) is 5.24. The van der Waals surface area contributed by atoms with Crippen molar-refractivity contribution in [2.45, 2.75) is 46.1 Å². The number of amides is 1. The van der Waals surface area contributed by atoms with Gasteiger partial charge in [0.2, 0.25) is 0 Å². The van der Waals surface area contributed by atoms with Crippen LogP contribution in [0, 0.1) is 17.8 Å². The number of nitrogens with one attached hydrogen (secondary N) is 1. The fourth-order valence-electron chi connectivity index (χ4n) is 2.50. The second-order valence-corrected chi connectivity index (χ2v) is 5.24. The van der Waals surface area contributed by atoms with Crippen molar-refractivity contribution in [3.63, 3.8) is 0 Å². The van der Waals surface area contributed by atoms with E-state index in [1.54, 1.807) is 5.48 Å². The molecular formula is C12H21NO5. The summed E-state index contributed by atoms with van der Waals surface area (Å²) in [5.74, 6) is 1.26. The van der Waals surface area contributed by atoms with Gasteiger partial charge in [-0.2, -0.15) is 0 Å². The highest BCUT2D eigenvalue weighted by molar-refractivity contribution is 5.68. The van der Waals surface area contributed by atoms with E-state index in [1.165, 1.54) is 0 Å². The number of rotatable bonds is 2. The number of ether oxygens (including phenoxy) is 1. The van der Waals surface area contributed by atoms with E-state index in [1.807, 2.05) is 0 Å². The summed E-state index contributed by atoms with van der Waals surface area (Å²) in [6.45, 7) is 6.32. The molecule has 1 fully saturated rings. The molecule has 0 radical (unpaired) electrons. The molecule has 6 heteroatoms. The average Bonchev–Trinajstić information content (AvgIpc) is 2.26. The molecule has 0 aromatic heterocycles. The number of hydroxylamine groups is 1. The maximum atomic E-state index is 11.4. The Morgan fingerprint density at radius 2 is 2.00 bits per heavy atom. The van der Waals surface area contributed by atoms with Gasteiger partial charge in [0.05, 0.1) is 0 Å². The van der Waals surface area contributed by atoms with Crippen LogP contribution in [0.2, 0.25) is 0 Å². The summed E-state index contributed by atoms with van der Waals surface area (Å²) in [4.78, 5) is 25.5. The molecule has 0 saturated heterocycles. The number of carboxylic acid groups (broad SMARTS) is 1. The van der Waals surface area contributed by atoms with Gasteiger partial charge >= 0.3 is 12.2 Å². The van der Waals surface area contributed by atoms with Crippen LogP contribution in [-0.4, -0.2) is 23.5 Å². The molecule has 0 bridgehead atoms. The standard InChI is InChI=1S/C12H21NO5/c1-7(2)9-5-4-8(3)6-10(9)17-11(14)13-18-12(15)16/h7-10H,4-6H2,1-3H3,(H,13,14)(H,15,16). The lowest BCUT2D eigenvalue weighted by Gasteiger charge is -2.36. The molecule has 104 valence electrons. The van der Waals surface area contributed by atoms with Crippen LogP contribution in [0.4, 0.5) is 9.59 Å². The summed E-state index contributed by atoms with van der Waals surface area (Å²) in [5.41, 5.74) is 1.74. The molecule has 1 saturated carbocycles. The number of carbonyl (C=O) groups excluding carboxylic acids is 1. The van der Waals surface area contributed by atoms with Crippen molar-refractivity contribution < 1.29 is 24.3 Å². The molecule has 0 aromatic carbocycles. The predicted molar refractivity (Wildman–Crippen MR) is 63.9 cm³/mol. The first-order chi connectivity index (χ1) is 8.40. The first-order valence-electron chi connectivity index (χ1n) is 6.26. The Labute approximate surface area is 107 Å². The number of hydrogen-bond acceptors (Lipinski definition) is 4. The van der Waals surface area contributed by atoms with Gasteiger partial charge in [0, 0.05) is 0 Å². The summed E-state index contributed by atoms with van der Waals surface area (Å²) in [6.07, 6.45) is 0.383. The average molecular weight is 259 g/mol. The van der Waals surface area contributed by atoms with Gasteiger partial charge < -0.3 is 14.7 Å². The van der Waals surface area contributed by atoms with Gasteiger partial charge in [-0.25, -0.2) is 9.59 Å². The largest absolute Gasteiger partial charge is 0.530 e. The number of carbonyl (C=O) groups is 2. The minimum absolute atomic E-state index is 0.175. The maximum absolute atomic E-state index is 11.4. The molecule has 1 aliphatic carbocycles. The normalized spacial score (nSPS) is 27.7. The first-order valence-corrected chi connectivity index (χ1v) is 6.26. The Bertz CT molecular complexity index is 305. The molecule has 3 unspecified atom stereocenters. The van der Waals surface area contributed by atoms with Crippen molar-refractivity contribution in [3.8, 4) is 0 Å². The Kier molecular flexibility index (Phi) is 5.25. The third kappa shape index (κ3) is 4.43. The highest BCUT2D eigenvalue weighted by Gasteiger charge is 2.33. The predicted octanol–water partition coefficient (Wildman–Crippen LogP) is 2.78. The van der Waals surface area contributed by atoms with Crippen LogP contribution < -0.4 is 5.48 Å². The second kappa shape index (κ2) is 6.47. The molecule has 3 atom stereocenters. The Balaban J connectivity index is 2.49. The van der Waals surface area contributed by atoms with Crippen molar-refractivity contribution in [1.82, 2.24) is 5.48 Å². The molecule has 0 aliphatic heterocycles. The van der Waals surface area contributed by atoms with Crippen molar-refractivity contribution >= 4 is 12.2 Å². The molecular weight excluding hydrogens is 238 g/mol. The highest BCUT2D eigenvalue weighted by Crippen LogP contribution is 2.35. The molecule has 0 heterocycles. The van der Waals surface area contributed by atoms with E-state index >= 15 is 0 Å². The van der Waals surface area contributed by atoms with Gasteiger partial charge in [0.1, 0.15) is 6.10 Å². The van der Waals surface area contributed by atoms with E-state index in [0.29, 0.717) is 17.8 Å². The Morgan fingerprint density at radius 1 is 1.33 bits per heavy atom. The summed E-state index contributed by atoms with van der Waals surface area (Å²) in [6, 6.07) is 0. The van der Waals surface area contributed by atoms with Gasteiger partial charge in [0.25, 0.3) is 0 Å². The summed E-state index contributed by atoms with van der Waals surface area (Å²) < 4.78 is 5.25. The van der Waals surface area contributed by atoms with Crippen molar-refractivity contribution in [3.05, 3.63) is 0 Å². The fraction of sp³-hybridized carbons (Fsp3) is 0.833. The monoisotopic (exact) mass is 259 g/mol. The van der Waals surface area contributed by atoms with Crippen LogP contribution >= 0.6 is 0 Å². The van der Waals surface area contributed by atoms with E-state index in [-0.39, 0.29) is 6.10 Å². The summed E-state index contributed by atoms with van der Waals surface area (Å²) in [7, 11) is 0. The molecule has 2 N–H and O–H groups in total. The molecule has 6 nitrogen and oxygen atoms in total. The lowest BCUT2D eigenvalue weighted by Crippen LogP contribution is -2.39. The smallest absolute Gasteiger partial charge is 0.448 e.